The van der Waals surface area contributed by atoms with E-state index in [0.29, 0.717) is 11.8 Å². The molecule has 1 aliphatic heterocycles. The maximum absolute atomic E-state index is 5.45. The molecule has 4 aromatic carbocycles. The lowest BCUT2D eigenvalue weighted by Crippen LogP contribution is -2.36. The van der Waals surface area contributed by atoms with Crippen LogP contribution in [-0.4, -0.2) is 33.6 Å². The Bertz CT molecular complexity index is 2590. The first-order chi connectivity index (χ1) is 28.4. The second-order valence-corrected chi connectivity index (χ2v) is 16.0. The summed E-state index contributed by atoms with van der Waals surface area (Å²) >= 11 is 0. The highest BCUT2D eigenvalue weighted by atomic mass is 15.3. The highest BCUT2D eigenvalue weighted by Gasteiger charge is 2.30. The minimum Gasteiger partial charge on any atom is -0.333 e. The Morgan fingerprint density at radius 3 is 2.21 bits per heavy atom. The van der Waals surface area contributed by atoms with E-state index < -0.39 is 0 Å². The molecule has 5 atom stereocenters. The Morgan fingerprint density at radius 2 is 1.41 bits per heavy atom. The smallest absolute Gasteiger partial charge is 0.159 e. The third-order valence-corrected chi connectivity index (χ3v) is 12.0. The van der Waals surface area contributed by atoms with Crippen LogP contribution in [0.15, 0.2) is 180 Å². The van der Waals surface area contributed by atoms with Gasteiger partial charge in [-0.2, -0.15) is 0 Å². The Balaban J connectivity index is 1.12. The van der Waals surface area contributed by atoms with Gasteiger partial charge in [0.2, 0.25) is 0 Å². The fraction of sp³-hybridized carbons (Fsp3) is 0.208. The van der Waals surface area contributed by atoms with Crippen LogP contribution in [0.25, 0.3) is 22.3 Å². The lowest BCUT2D eigenvalue weighted by molar-refractivity contribution is 0.383. The first kappa shape index (κ1) is 37.1. The minimum absolute atomic E-state index is 0.127. The highest BCUT2D eigenvalue weighted by Crippen LogP contribution is 2.39. The van der Waals surface area contributed by atoms with E-state index in [4.69, 9.17) is 20.0 Å². The zero-order chi connectivity index (χ0) is 39.6. The number of hydrogen-bond acceptors (Lipinski definition) is 5. The van der Waals surface area contributed by atoms with Gasteiger partial charge in [0.1, 0.15) is 11.7 Å². The molecule has 5 heteroatoms. The number of aliphatic imine (C=N–C) groups is 2. The van der Waals surface area contributed by atoms with Crippen LogP contribution >= 0.6 is 0 Å². The summed E-state index contributed by atoms with van der Waals surface area (Å²) in [5.74, 6) is 3.52. The summed E-state index contributed by atoms with van der Waals surface area (Å²) in [7, 11) is 2.11. The number of aryl methyl sites for hydroxylation is 1. The van der Waals surface area contributed by atoms with Gasteiger partial charge in [0.05, 0.1) is 11.4 Å². The van der Waals surface area contributed by atoms with Crippen molar-refractivity contribution < 1.29 is 0 Å². The van der Waals surface area contributed by atoms with Crippen molar-refractivity contribution in [3.05, 3.63) is 215 Å². The average Bonchev–Trinajstić information content (AvgIpc) is 3.27. The molecule has 0 bridgehead atoms. The first-order valence-corrected chi connectivity index (χ1v) is 20.6. The van der Waals surface area contributed by atoms with E-state index in [9.17, 15) is 0 Å². The fourth-order valence-corrected chi connectivity index (χ4v) is 8.68. The molecule has 0 fully saturated rings. The van der Waals surface area contributed by atoms with Crippen LogP contribution in [0.5, 0.6) is 0 Å². The van der Waals surface area contributed by atoms with E-state index in [-0.39, 0.29) is 18.0 Å². The number of hydrogen-bond donors (Lipinski definition) is 0. The van der Waals surface area contributed by atoms with E-state index in [2.05, 4.69) is 203 Å². The van der Waals surface area contributed by atoms with E-state index in [1.54, 1.807) is 0 Å². The van der Waals surface area contributed by atoms with Gasteiger partial charge < -0.3 is 4.90 Å². The van der Waals surface area contributed by atoms with Crippen LogP contribution in [0, 0.1) is 18.8 Å². The van der Waals surface area contributed by atoms with Crippen molar-refractivity contribution in [2.45, 2.75) is 51.6 Å². The molecule has 0 amide bonds. The molecule has 58 heavy (non-hydrogen) atoms. The topological polar surface area (TPSA) is 53.7 Å². The van der Waals surface area contributed by atoms with Gasteiger partial charge >= 0.3 is 0 Å². The summed E-state index contributed by atoms with van der Waals surface area (Å²) < 4.78 is 0. The molecule has 1 aromatic heterocycles. The molecule has 0 saturated heterocycles. The van der Waals surface area contributed by atoms with Gasteiger partial charge in [-0.15, -0.1) is 0 Å². The third-order valence-electron chi connectivity index (χ3n) is 12.0. The molecule has 5 aromatic rings. The van der Waals surface area contributed by atoms with Gasteiger partial charge in [-0.25, -0.2) is 20.0 Å². The van der Waals surface area contributed by atoms with Gasteiger partial charge in [0.15, 0.2) is 12.0 Å². The Labute approximate surface area is 343 Å². The van der Waals surface area contributed by atoms with Gasteiger partial charge in [0.25, 0.3) is 0 Å². The quantitative estimate of drug-likeness (QED) is 0.158. The van der Waals surface area contributed by atoms with Crippen molar-refractivity contribution in [1.82, 2.24) is 14.9 Å². The van der Waals surface area contributed by atoms with Crippen LogP contribution in [0.3, 0.4) is 0 Å². The molecule has 2 heterocycles. The van der Waals surface area contributed by atoms with Gasteiger partial charge in [-0.3, -0.25) is 0 Å². The van der Waals surface area contributed by atoms with Crippen molar-refractivity contribution in [2.75, 3.05) is 7.05 Å². The van der Waals surface area contributed by atoms with Crippen molar-refractivity contribution >= 4 is 22.8 Å². The van der Waals surface area contributed by atoms with Crippen LogP contribution in [-0.2, 0) is 0 Å². The summed E-state index contributed by atoms with van der Waals surface area (Å²) in [5, 5.41) is 0. The van der Waals surface area contributed by atoms with Crippen LogP contribution < -0.4 is 0 Å². The molecule has 3 aliphatic carbocycles. The lowest BCUT2D eigenvalue weighted by Gasteiger charge is -2.33. The zero-order valence-corrected chi connectivity index (χ0v) is 33.7. The number of nitrogens with zero attached hydrogens (tertiary/aromatic N) is 5. The predicted molar refractivity (Wildman–Crippen MR) is 241 cm³/mol. The van der Waals surface area contributed by atoms with E-state index in [1.165, 1.54) is 27.8 Å². The molecule has 5 nitrogen and oxygen atoms in total. The number of amidine groups is 2. The standard InChI is InChI=1S/C53H49N5/c1-35-18-11-13-26-43(35)49-34-48(54-51(55-49)44-27-14-12-19-36(44)2)41-25-17-24-40(32-41)47-33-42(31-30-37(47)3)50-56-52(39-22-9-6-10-23-39)58(4)53(57-50)46-29-16-15-28-45(46)38-20-7-5-8-21-38/h5-17,19-23,25-36,40,44,53H,18,24H2,1-4H3. The normalized spacial score (nSPS) is 22.6. The van der Waals surface area contributed by atoms with Crippen molar-refractivity contribution in [3.8, 4) is 11.1 Å². The van der Waals surface area contributed by atoms with Crippen LogP contribution in [0.2, 0.25) is 0 Å². The number of allylic oxidation sites excluding steroid dienone is 12. The Kier molecular flexibility index (Phi) is 10.4. The van der Waals surface area contributed by atoms with Gasteiger partial charge in [0, 0.05) is 35.6 Å². The lowest BCUT2D eigenvalue weighted by atomic mass is 9.84. The zero-order valence-electron chi connectivity index (χ0n) is 33.7. The van der Waals surface area contributed by atoms with Crippen LogP contribution in [0.4, 0.5) is 0 Å². The maximum Gasteiger partial charge on any atom is 0.159 e. The summed E-state index contributed by atoms with van der Waals surface area (Å²) in [6, 6.07) is 38.6. The SMILES string of the molecule is Cc1ccc(C2=NC(c3ccccc3-c3ccccc3)N(C)C(c3ccccc3)=N2)cc1C1C=C(c2cc(C3=CC=CCC3C)nc(C3C=CC=CC3C)n2)C=CC1. The van der Waals surface area contributed by atoms with Gasteiger partial charge in [-0.05, 0) is 77.1 Å². The first-order valence-electron chi connectivity index (χ1n) is 20.6. The monoisotopic (exact) mass is 755 g/mol. The van der Waals surface area contributed by atoms with Crippen molar-refractivity contribution in [1.29, 1.82) is 0 Å². The molecule has 0 spiro atoms. The molecule has 4 aliphatic rings. The number of benzene rings is 4. The Hall–Kier alpha value is -6.46. The number of rotatable bonds is 8. The van der Waals surface area contributed by atoms with Crippen LogP contribution in [0.1, 0.15) is 89.7 Å². The summed E-state index contributed by atoms with van der Waals surface area (Å²) in [6.07, 6.45) is 24.0. The second kappa shape index (κ2) is 16.2. The fourth-order valence-electron chi connectivity index (χ4n) is 8.68. The Morgan fingerprint density at radius 1 is 0.672 bits per heavy atom. The summed E-state index contributed by atoms with van der Waals surface area (Å²) in [6.45, 7) is 6.76. The molecular formula is C53H49N5. The van der Waals surface area contributed by atoms with Crippen molar-refractivity contribution in [3.63, 3.8) is 0 Å². The summed E-state index contributed by atoms with van der Waals surface area (Å²) in [4.78, 5) is 23.5. The summed E-state index contributed by atoms with van der Waals surface area (Å²) in [5.41, 5.74) is 12.5. The van der Waals surface area contributed by atoms with E-state index in [0.717, 1.165) is 64.0 Å². The molecular weight excluding hydrogens is 707 g/mol. The molecule has 0 saturated carbocycles. The molecule has 0 N–H and O–H groups in total. The molecule has 5 unspecified atom stereocenters. The molecule has 9 rings (SSSR count). The van der Waals surface area contributed by atoms with E-state index >= 15 is 0 Å². The van der Waals surface area contributed by atoms with Crippen molar-refractivity contribution in [2.24, 2.45) is 21.8 Å². The molecule has 0 radical (unpaired) electrons. The van der Waals surface area contributed by atoms with Gasteiger partial charge in [-0.1, -0.05) is 172 Å². The second-order valence-electron chi connectivity index (χ2n) is 16.0. The largest absolute Gasteiger partial charge is 0.333 e. The van der Waals surface area contributed by atoms with E-state index in [1.807, 2.05) is 0 Å². The minimum atomic E-state index is -0.274. The maximum atomic E-state index is 5.45. The average molecular weight is 756 g/mol. The predicted octanol–water partition coefficient (Wildman–Crippen LogP) is 12.2. The highest BCUT2D eigenvalue weighted by molar-refractivity contribution is 6.13. The third kappa shape index (κ3) is 7.41. The molecule has 286 valence electrons. The number of aromatic nitrogens is 2.